The van der Waals surface area contributed by atoms with Crippen LogP contribution in [0.4, 0.5) is 0 Å². The van der Waals surface area contributed by atoms with Gasteiger partial charge in [0, 0.05) is 19.7 Å². The molecule has 1 heterocycles. The molecule has 1 aromatic heterocycles. The molecule has 0 aliphatic heterocycles. The minimum Gasteiger partial charge on any atom is -0.359 e. The van der Waals surface area contributed by atoms with E-state index in [2.05, 4.69) is 32.8 Å². The van der Waals surface area contributed by atoms with Crippen LogP contribution >= 0.6 is 0 Å². The van der Waals surface area contributed by atoms with Crippen LogP contribution in [0.2, 0.25) is 0 Å². The normalized spacial score (nSPS) is 12.0. The quantitative estimate of drug-likeness (QED) is 0.759. The van der Waals surface area contributed by atoms with Crippen molar-refractivity contribution in [3.05, 3.63) is 53.4 Å². The number of aromatic nitrogens is 1. The highest BCUT2D eigenvalue weighted by molar-refractivity contribution is 5.95. The Balaban J connectivity index is 1.92. The summed E-state index contributed by atoms with van der Waals surface area (Å²) in [6.45, 7) is 3.12. The van der Waals surface area contributed by atoms with E-state index in [1.54, 1.807) is 6.07 Å². The average Bonchev–Trinajstić information content (AvgIpc) is 3.08. The fourth-order valence-electron chi connectivity index (χ4n) is 2.47. The molecule has 25 heavy (non-hydrogen) atoms. The van der Waals surface area contributed by atoms with E-state index in [4.69, 9.17) is 4.52 Å². The molecule has 0 saturated carbocycles. The van der Waals surface area contributed by atoms with Gasteiger partial charge in [0.15, 0.2) is 11.5 Å². The van der Waals surface area contributed by atoms with Crippen molar-refractivity contribution >= 4 is 11.8 Å². The zero-order valence-corrected chi connectivity index (χ0v) is 14.8. The zero-order valence-electron chi connectivity index (χ0n) is 14.8. The van der Waals surface area contributed by atoms with Gasteiger partial charge >= 0.3 is 0 Å². The van der Waals surface area contributed by atoms with E-state index >= 15 is 0 Å². The lowest BCUT2D eigenvalue weighted by Gasteiger charge is -2.14. The van der Waals surface area contributed by atoms with Crippen LogP contribution in [0, 0.1) is 0 Å². The molecule has 2 rings (SSSR count). The first-order valence-corrected chi connectivity index (χ1v) is 8.24. The molecule has 0 aliphatic carbocycles. The molecule has 7 nitrogen and oxygen atoms in total. The van der Waals surface area contributed by atoms with E-state index in [0.717, 1.165) is 6.54 Å². The molecular weight excluding hydrogens is 320 g/mol. The summed E-state index contributed by atoms with van der Waals surface area (Å²) in [5.74, 6) is -0.0603. The first-order valence-electron chi connectivity index (χ1n) is 8.24. The van der Waals surface area contributed by atoms with Crippen LogP contribution in [-0.4, -0.2) is 42.0 Å². The maximum absolute atomic E-state index is 12.2. The summed E-state index contributed by atoms with van der Waals surface area (Å²) in [6, 6.07) is 11.1. The van der Waals surface area contributed by atoms with Gasteiger partial charge in [-0.3, -0.25) is 14.5 Å². The second kappa shape index (κ2) is 8.98. The van der Waals surface area contributed by atoms with E-state index < -0.39 is 11.9 Å². The maximum Gasteiger partial charge on any atom is 0.274 e. The number of amides is 2. The number of carbonyl (C=O) groups is 2. The first kappa shape index (κ1) is 18.7. The molecule has 2 N–H and O–H groups in total. The van der Waals surface area contributed by atoms with Crippen LogP contribution in [-0.2, 0) is 17.9 Å². The highest BCUT2D eigenvalue weighted by atomic mass is 16.5. The van der Waals surface area contributed by atoms with Gasteiger partial charge in [0.2, 0.25) is 5.91 Å². The van der Waals surface area contributed by atoms with Gasteiger partial charge in [0.1, 0.15) is 6.04 Å². The molecule has 134 valence electrons. The predicted molar refractivity (Wildman–Crippen MR) is 93.7 cm³/mol. The summed E-state index contributed by atoms with van der Waals surface area (Å²) >= 11 is 0. The molecule has 1 atom stereocenters. The highest BCUT2D eigenvalue weighted by Crippen LogP contribution is 2.10. The summed E-state index contributed by atoms with van der Waals surface area (Å²) in [5, 5.41) is 8.98. The summed E-state index contributed by atoms with van der Waals surface area (Å²) in [4.78, 5) is 25.9. The van der Waals surface area contributed by atoms with Crippen LogP contribution in [0.25, 0.3) is 0 Å². The number of rotatable bonds is 8. The third-order valence-electron chi connectivity index (χ3n) is 3.79. The minimum absolute atomic E-state index is 0.172. The first-order chi connectivity index (χ1) is 12.0. The summed E-state index contributed by atoms with van der Waals surface area (Å²) in [5.41, 5.74) is 1.37. The molecule has 1 aromatic carbocycles. The van der Waals surface area contributed by atoms with Gasteiger partial charge in [-0.25, -0.2) is 0 Å². The van der Waals surface area contributed by atoms with Crippen LogP contribution in [0.15, 0.2) is 40.9 Å². The molecule has 0 fully saturated rings. The second-order valence-corrected chi connectivity index (χ2v) is 5.88. The van der Waals surface area contributed by atoms with Gasteiger partial charge in [-0.05, 0) is 19.0 Å². The molecule has 0 bridgehead atoms. The topological polar surface area (TPSA) is 87.5 Å². The second-order valence-electron chi connectivity index (χ2n) is 5.88. The Kier molecular flexibility index (Phi) is 6.71. The molecule has 0 unspecified atom stereocenters. The van der Waals surface area contributed by atoms with Crippen molar-refractivity contribution in [1.29, 1.82) is 0 Å². The SMILES string of the molecule is CC[C@@H](NC(=O)c1cc(CN(C)Cc2ccccc2)on1)C(=O)NC. The zero-order chi connectivity index (χ0) is 18.2. The number of nitrogens with zero attached hydrogens (tertiary/aromatic N) is 2. The molecular formula is C18H24N4O3. The van der Waals surface area contributed by atoms with E-state index in [9.17, 15) is 9.59 Å². The van der Waals surface area contributed by atoms with Crippen molar-refractivity contribution in [1.82, 2.24) is 20.7 Å². The Morgan fingerprint density at radius 1 is 1.24 bits per heavy atom. The van der Waals surface area contributed by atoms with Crippen molar-refractivity contribution in [2.75, 3.05) is 14.1 Å². The Bertz CT molecular complexity index is 699. The summed E-state index contributed by atoms with van der Waals surface area (Å²) in [6.07, 6.45) is 0.496. The van der Waals surface area contributed by atoms with Crippen molar-refractivity contribution in [3.63, 3.8) is 0 Å². The Labute approximate surface area is 147 Å². The van der Waals surface area contributed by atoms with Crippen LogP contribution < -0.4 is 10.6 Å². The van der Waals surface area contributed by atoms with Gasteiger partial charge in [-0.15, -0.1) is 0 Å². The van der Waals surface area contributed by atoms with Crippen LogP contribution in [0.1, 0.15) is 35.2 Å². The van der Waals surface area contributed by atoms with Gasteiger partial charge < -0.3 is 15.2 Å². The Hall–Kier alpha value is -2.67. The van der Waals surface area contributed by atoms with Crippen molar-refractivity contribution in [3.8, 4) is 0 Å². The van der Waals surface area contributed by atoms with Crippen LogP contribution in [0.5, 0.6) is 0 Å². The van der Waals surface area contributed by atoms with E-state index in [1.165, 1.54) is 12.6 Å². The molecule has 0 spiro atoms. The Morgan fingerprint density at radius 3 is 2.60 bits per heavy atom. The largest absolute Gasteiger partial charge is 0.359 e. The van der Waals surface area contributed by atoms with E-state index in [0.29, 0.717) is 18.7 Å². The fraction of sp³-hybridized carbons (Fsp3) is 0.389. The highest BCUT2D eigenvalue weighted by Gasteiger charge is 2.21. The van der Waals surface area contributed by atoms with Crippen molar-refractivity contribution in [2.24, 2.45) is 0 Å². The molecule has 2 aromatic rings. The number of nitrogens with one attached hydrogen (secondary N) is 2. The monoisotopic (exact) mass is 344 g/mol. The molecule has 0 saturated heterocycles. The number of hydrogen-bond acceptors (Lipinski definition) is 5. The number of benzene rings is 1. The van der Waals surface area contributed by atoms with Gasteiger partial charge in [0.25, 0.3) is 5.91 Å². The molecule has 0 radical (unpaired) electrons. The molecule has 2 amide bonds. The van der Waals surface area contributed by atoms with Crippen molar-refractivity contribution < 1.29 is 14.1 Å². The predicted octanol–water partition coefficient (Wildman–Crippen LogP) is 1.56. The van der Waals surface area contributed by atoms with Gasteiger partial charge in [-0.1, -0.05) is 42.4 Å². The lowest BCUT2D eigenvalue weighted by atomic mass is 10.2. The van der Waals surface area contributed by atoms with E-state index in [-0.39, 0.29) is 11.6 Å². The standard InChI is InChI=1S/C18H24N4O3/c1-4-15(17(23)19-2)20-18(24)16-10-14(25-21-16)12-22(3)11-13-8-6-5-7-9-13/h5-10,15H,4,11-12H2,1-3H3,(H,19,23)(H,20,24)/t15-/m1/s1. The summed E-state index contributed by atoms with van der Waals surface area (Å²) in [7, 11) is 3.50. The fourth-order valence-corrected chi connectivity index (χ4v) is 2.47. The van der Waals surface area contributed by atoms with Crippen molar-refractivity contribution in [2.45, 2.75) is 32.5 Å². The smallest absolute Gasteiger partial charge is 0.274 e. The summed E-state index contributed by atoms with van der Waals surface area (Å²) < 4.78 is 5.24. The minimum atomic E-state index is -0.585. The maximum atomic E-state index is 12.2. The number of likely N-dealkylation sites (N-methyl/N-ethyl adjacent to an activating group) is 1. The third-order valence-corrected chi connectivity index (χ3v) is 3.79. The van der Waals surface area contributed by atoms with Crippen LogP contribution in [0.3, 0.4) is 0 Å². The Morgan fingerprint density at radius 2 is 1.96 bits per heavy atom. The lowest BCUT2D eigenvalue weighted by molar-refractivity contribution is -0.122. The number of hydrogen-bond donors (Lipinski definition) is 2. The number of carbonyl (C=O) groups excluding carboxylic acids is 2. The molecule has 0 aliphatic rings. The van der Waals surface area contributed by atoms with Gasteiger partial charge in [0.05, 0.1) is 6.54 Å². The average molecular weight is 344 g/mol. The lowest BCUT2D eigenvalue weighted by Crippen LogP contribution is -2.45. The molecule has 7 heteroatoms. The van der Waals surface area contributed by atoms with E-state index in [1.807, 2.05) is 32.2 Å². The van der Waals surface area contributed by atoms with Gasteiger partial charge in [-0.2, -0.15) is 0 Å². The third kappa shape index (κ3) is 5.42.